The Morgan fingerprint density at radius 3 is 2.64 bits per heavy atom. The van der Waals surface area contributed by atoms with Crippen molar-refractivity contribution in [3.63, 3.8) is 0 Å². The highest BCUT2D eigenvalue weighted by Gasteiger charge is 2.40. The Labute approximate surface area is 152 Å². The van der Waals surface area contributed by atoms with Crippen molar-refractivity contribution in [2.45, 2.75) is 37.2 Å². The van der Waals surface area contributed by atoms with Crippen molar-refractivity contribution < 1.29 is 13.2 Å². The van der Waals surface area contributed by atoms with Crippen LogP contribution in [0.5, 0.6) is 0 Å². The van der Waals surface area contributed by atoms with Gasteiger partial charge in [-0.2, -0.15) is 4.31 Å². The quantitative estimate of drug-likeness (QED) is 0.776. The van der Waals surface area contributed by atoms with Gasteiger partial charge in [-0.15, -0.1) is 11.3 Å². The van der Waals surface area contributed by atoms with Gasteiger partial charge in [-0.3, -0.25) is 4.79 Å². The minimum absolute atomic E-state index is 0.104. The first-order valence-electron chi connectivity index (χ1n) is 8.42. The van der Waals surface area contributed by atoms with Crippen LogP contribution in [0.3, 0.4) is 0 Å². The smallest absolute Gasteiger partial charge is 0.243 e. The number of hydrogen-bond donors (Lipinski definition) is 0. The van der Waals surface area contributed by atoms with Crippen LogP contribution >= 0.6 is 11.3 Å². The SMILES string of the molecule is CCN(Cc1cccs1)C(=O)C1CCCN1S(=O)(=O)c1ccccc1. The van der Waals surface area contributed by atoms with E-state index in [4.69, 9.17) is 0 Å². The summed E-state index contributed by atoms with van der Waals surface area (Å²) in [6.45, 7) is 3.41. The van der Waals surface area contributed by atoms with Crippen LogP contribution in [-0.2, 0) is 21.4 Å². The van der Waals surface area contributed by atoms with Gasteiger partial charge in [0.1, 0.15) is 6.04 Å². The number of carbonyl (C=O) groups is 1. The predicted octanol–water partition coefficient (Wildman–Crippen LogP) is 2.95. The molecule has 3 rings (SSSR count). The van der Waals surface area contributed by atoms with Gasteiger partial charge in [-0.25, -0.2) is 8.42 Å². The molecule has 1 saturated heterocycles. The van der Waals surface area contributed by atoms with Crippen LogP contribution in [0.2, 0.25) is 0 Å². The molecule has 0 radical (unpaired) electrons. The van der Waals surface area contributed by atoms with Gasteiger partial charge in [-0.1, -0.05) is 24.3 Å². The first-order valence-corrected chi connectivity index (χ1v) is 10.7. The zero-order valence-electron chi connectivity index (χ0n) is 14.2. The minimum atomic E-state index is -3.65. The van der Waals surface area contributed by atoms with Crippen molar-refractivity contribution in [3.05, 3.63) is 52.7 Å². The van der Waals surface area contributed by atoms with Crippen LogP contribution in [0.1, 0.15) is 24.6 Å². The molecule has 0 saturated carbocycles. The molecule has 1 aliphatic rings. The van der Waals surface area contributed by atoms with Crippen LogP contribution in [0.15, 0.2) is 52.7 Å². The second-order valence-electron chi connectivity index (χ2n) is 6.02. The molecule has 25 heavy (non-hydrogen) atoms. The van der Waals surface area contributed by atoms with Crippen LogP contribution in [0, 0.1) is 0 Å². The van der Waals surface area contributed by atoms with Crippen molar-refractivity contribution in [1.82, 2.24) is 9.21 Å². The number of rotatable bonds is 6. The summed E-state index contributed by atoms with van der Waals surface area (Å²) >= 11 is 1.60. The Hall–Kier alpha value is -1.70. The lowest BCUT2D eigenvalue weighted by molar-refractivity contribution is -0.135. The molecular formula is C18H22N2O3S2. The molecule has 1 unspecified atom stereocenters. The average molecular weight is 379 g/mol. The van der Waals surface area contributed by atoms with Crippen LogP contribution in [0.25, 0.3) is 0 Å². The van der Waals surface area contributed by atoms with Crippen LogP contribution in [0.4, 0.5) is 0 Å². The van der Waals surface area contributed by atoms with E-state index in [9.17, 15) is 13.2 Å². The molecule has 2 aromatic rings. The molecule has 7 heteroatoms. The number of amides is 1. The summed E-state index contributed by atoms with van der Waals surface area (Å²) in [4.78, 5) is 16.1. The number of benzene rings is 1. The van der Waals surface area contributed by atoms with Gasteiger partial charge in [0, 0.05) is 18.0 Å². The fourth-order valence-electron chi connectivity index (χ4n) is 3.15. The zero-order chi connectivity index (χ0) is 17.9. The molecule has 1 aromatic heterocycles. The Morgan fingerprint density at radius 1 is 1.24 bits per heavy atom. The number of likely N-dealkylation sites (N-methyl/N-ethyl adjacent to an activating group) is 1. The van der Waals surface area contributed by atoms with Crippen molar-refractivity contribution >= 4 is 27.3 Å². The van der Waals surface area contributed by atoms with Gasteiger partial charge < -0.3 is 4.90 Å². The molecular weight excluding hydrogens is 356 g/mol. The molecule has 0 bridgehead atoms. The van der Waals surface area contributed by atoms with Gasteiger partial charge in [0.2, 0.25) is 15.9 Å². The molecule has 134 valence electrons. The second-order valence-corrected chi connectivity index (χ2v) is 8.94. The molecule has 1 amide bonds. The molecule has 0 aliphatic carbocycles. The second kappa shape index (κ2) is 7.68. The number of carbonyl (C=O) groups excluding carboxylic acids is 1. The molecule has 1 aliphatic heterocycles. The van der Waals surface area contributed by atoms with Crippen molar-refractivity contribution in [3.8, 4) is 0 Å². The Balaban J connectivity index is 1.82. The Bertz CT molecular complexity index is 804. The lowest BCUT2D eigenvalue weighted by Crippen LogP contribution is -2.47. The highest BCUT2D eigenvalue weighted by Crippen LogP contribution is 2.27. The van der Waals surface area contributed by atoms with Gasteiger partial charge in [-0.05, 0) is 43.3 Å². The first-order chi connectivity index (χ1) is 12.0. The highest BCUT2D eigenvalue weighted by molar-refractivity contribution is 7.89. The van der Waals surface area contributed by atoms with E-state index in [0.29, 0.717) is 32.5 Å². The Morgan fingerprint density at radius 2 is 2.00 bits per heavy atom. The minimum Gasteiger partial charge on any atom is -0.336 e. The largest absolute Gasteiger partial charge is 0.336 e. The van der Waals surface area contributed by atoms with Crippen LogP contribution < -0.4 is 0 Å². The van der Waals surface area contributed by atoms with Gasteiger partial charge in [0.05, 0.1) is 11.4 Å². The maximum absolute atomic E-state index is 13.0. The summed E-state index contributed by atoms with van der Waals surface area (Å²) in [6, 6.07) is 11.7. The van der Waals surface area contributed by atoms with Crippen molar-refractivity contribution in [1.29, 1.82) is 0 Å². The summed E-state index contributed by atoms with van der Waals surface area (Å²) in [5.41, 5.74) is 0. The molecule has 0 N–H and O–H groups in total. The molecule has 2 heterocycles. The fourth-order valence-corrected chi connectivity index (χ4v) is 5.54. The highest BCUT2D eigenvalue weighted by atomic mass is 32.2. The number of hydrogen-bond acceptors (Lipinski definition) is 4. The van der Waals surface area contributed by atoms with Crippen molar-refractivity contribution in [2.24, 2.45) is 0 Å². The van der Waals surface area contributed by atoms with Crippen molar-refractivity contribution in [2.75, 3.05) is 13.1 Å². The van der Waals surface area contributed by atoms with E-state index in [1.807, 2.05) is 24.4 Å². The van der Waals surface area contributed by atoms with E-state index in [1.165, 1.54) is 4.31 Å². The van der Waals surface area contributed by atoms with Gasteiger partial charge in [0.25, 0.3) is 0 Å². The van der Waals surface area contributed by atoms with Crippen LogP contribution in [-0.4, -0.2) is 42.7 Å². The van der Waals surface area contributed by atoms with Gasteiger partial charge in [0.15, 0.2) is 0 Å². The zero-order valence-corrected chi connectivity index (χ0v) is 15.8. The maximum Gasteiger partial charge on any atom is 0.243 e. The first kappa shape index (κ1) is 18.1. The number of thiophene rings is 1. The maximum atomic E-state index is 13.0. The van der Waals surface area contributed by atoms with E-state index in [2.05, 4.69) is 0 Å². The van der Waals surface area contributed by atoms with E-state index in [-0.39, 0.29) is 10.8 Å². The third-order valence-electron chi connectivity index (χ3n) is 4.46. The fraction of sp³-hybridized carbons (Fsp3) is 0.389. The molecule has 1 atom stereocenters. The molecule has 1 fully saturated rings. The number of nitrogens with zero attached hydrogens (tertiary/aromatic N) is 2. The summed E-state index contributed by atoms with van der Waals surface area (Å²) in [5.74, 6) is -0.104. The van der Waals surface area contributed by atoms with E-state index < -0.39 is 16.1 Å². The summed E-state index contributed by atoms with van der Waals surface area (Å²) in [6.07, 6.45) is 1.28. The standard InChI is InChI=1S/C18H22N2O3S2/c1-2-19(14-15-8-7-13-24-15)18(21)17-11-6-12-20(17)25(22,23)16-9-4-3-5-10-16/h3-5,7-10,13,17H,2,6,11-12,14H2,1H3. The van der Waals surface area contributed by atoms with Gasteiger partial charge >= 0.3 is 0 Å². The summed E-state index contributed by atoms with van der Waals surface area (Å²) in [7, 11) is -3.65. The predicted molar refractivity (Wildman–Crippen MR) is 98.8 cm³/mol. The van der Waals surface area contributed by atoms with E-state index in [0.717, 1.165) is 4.88 Å². The third kappa shape index (κ3) is 3.78. The summed E-state index contributed by atoms with van der Waals surface area (Å²) < 4.78 is 27.2. The van der Waals surface area contributed by atoms with E-state index >= 15 is 0 Å². The molecule has 0 spiro atoms. The lowest BCUT2D eigenvalue weighted by atomic mass is 10.2. The molecule has 5 nitrogen and oxygen atoms in total. The normalized spacial score (nSPS) is 18.4. The lowest BCUT2D eigenvalue weighted by Gasteiger charge is -2.29. The summed E-state index contributed by atoms with van der Waals surface area (Å²) in [5, 5.41) is 1.98. The number of sulfonamides is 1. The van der Waals surface area contributed by atoms with E-state index in [1.54, 1.807) is 46.6 Å². The monoisotopic (exact) mass is 378 g/mol. The third-order valence-corrected chi connectivity index (χ3v) is 7.24. The topological polar surface area (TPSA) is 57.7 Å². The molecule has 1 aromatic carbocycles. The Kier molecular flexibility index (Phi) is 5.56. The average Bonchev–Trinajstić information content (AvgIpc) is 3.31.